The molecule has 0 saturated carbocycles. The van der Waals surface area contributed by atoms with E-state index in [9.17, 15) is 0 Å². The minimum Gasteiger partial charge on any atom is -0.329 e. The van der Waals surface area contributed by atoms with Crippen LogP contribution in [0.4, 0.5) is 0 Å². The zero-order valence-electron chi connectivity index (χ0n) is 9.38. The Morgan fingerprint density at radius 2 is 2.17 bits per heavy atom. The summed E-state index contributed by atoms with van der Waals surface area (Å²) in [5.74, 6) is 0.681. The van der Waals surface area contributed by atoms with Crippen LogP contribution in [0.5, 0.6) is 0 Å². The summed E-state index contributed by atoms with van der Waals surface area (Å²) in [6.07, 6.45) is 0. The first-order chi connectivity index (χ1) is 8.70. The molecule has 2 rings (SSSR count). The van der Waals surface area contributed by atoms with Gasteiger partial charge in [0.2, 0.25) is 5.16 Å². The molecule has 1 heterocycles. The molecule has 2 N–H and O–H groups in total. The van der Waals surface area contributed by atoms with E-state index in [4.69, 9.17) is 28.9 Å². The maximum Gasteiger partial charge on any atom is 0.209 e. The molecule has 0 spiro atoms. The predicted molar refractivity (Wildman–Crippen MR) is 72.9 cm³/mol. The quantitative estimate of drug-likeness (QED) is 0.858. The van der Waals surface area contributed by atoms with Crippen molar-refractivity contribution in [3.8, 4) is 0 Å². The van der Waals surface area contributed by atoms with Crippen molar-refractivity contribution in [2.24, 2.45) is 5.73 Å². The van der Waals surface area contributed by atoms with Crippen LogP contribution in [-0.4, -0.2) is 26.8 Å². The average molecular weight is 304 g/mol. The van der Waals surface area contributed by atoms with E-state index in [2.05, 4.69) is 15.5 Å². The van der Waals surface area contributed by atoms with Crippen LogP contribution in [0.2, 0.25) is 10.0 Å². The lowest BCUT2D eigenvalue weighted by Crippen LogP contribution is -2.12. The fraction of sp³-hybridized carbons (Fsp3) is 0.300. The van der Waals surface area contributed by atoms with Gasteiger partial charge >= 0.3 is 0 Å². The van der Waals surface area contributed by atoms with Crippen molar-refractivity contribution in [2.45, 2.75) is 17.5 Å². The van der Waals surface area contributed by atoms with E-state index in [1.807, 2.05) is 12.1 Å². The number of nitrogens with two attached hydrogens (primary N) is 1. The molecule has 0 saturated heterocycles. The highest BCUT2D eigenvalue weighted by Crippen LogP contribution is 2.27. The third-order valence-corrected chi connectivity index (χ3v) is 3.80. The van der Waals surface area contributed by atoms with Gasteiger partial charge in [-0.15, -0.1) is 5.10 Å². The molecule has 5 nitrogen and oxygen atoms in total. The molecule has 0 radical (unpaired) electrons. The lowest BCUT2D eigenvalue weighted by atomic mass is 10.2. The van der Waals surface area contributed by atoms with Gasteiger partial charge in [-0.2, -0.15) is 0 Å². The van der Waals surface area contributed by atoms with Crippen LogP contribution >= 0.6 is 35.0 Å². The van der Waals surface area contributed by atoms with E-state index in [1.54, 1.807) is 10.7 Å². The molecular weight excluding hydrogens is 293 g/mol. The van der Waals surface area contributed by atoms with Gasteiger partial charge in [0.25, 0.3) is 0 Å². The van der Waals surface area contributed by atoms with Gasteiger partial charge in [-0.05, 0) is 28.1 Å². The Morgan fingerprint density at radius 1 is 1.33 bits per heavy atom. The highest BCUT2D eigenvalue weighted by Gasteiger charge is 2.08. The number of rotatable bonds is 5. The molecule has 0 atom stereocenters. The molecule has 0 unspecified atom stereocenters. The monoisotopic (exact) mass is 303 g/mol. The molecule has 0 aliphatic heterocycles. The molecule has 0 fully saturated rings. The largest absolute Gasteiger partial charge is 0.329 e. The van der Waals surface area contributed by atoms with Gasteiger partial charge in [0.15, 0.2) is 0 Å². The van der Waals surface area contributed by atoms with E-state index >= 15 is 0 Å². The fourth-order valence-electron chi connectivity index (χ4n) is 1.34. The lowest BCUT2D eigenvalue weighted by molar-refractivity contribution is 0.557. The molecule has 1 aromatic carbocycles. The van der Waals surface area contributed by atoms with Gasteiger partial charge in [0.05, 0.1) is 6.54 Å². The smallest absolute Gasteiger partial charge is 0.209 e. The van der Waals surface area contributed by atoms with Crippen molar-refractivity contribution >= 4 is 35.0 Å². The highest BCUT2D eigenvalue weighted by atomic mass is 35.5. The van der Waals surface area contributed by atoms with Crippen molar-refractivity contribution in [3.05, 3.63) is 33.8 Å². The van der Waals surface area contributed by atoms with Crippen LogP contribution < -0.4 is 5.73 Å². The molecule has 18 heavy (non-hydrogen) atoms. The normalized spacial score (nSPS) is 10.8. The van der Waals surface area contributed by atoms with Crippen LogP contribution in [0.25, 0.3) is 0 Å². The second-order valence-corrected chi connectivity index (χ2v) is 5.28. The summed E-state index contributed by atoms with van der Waals surface area (Å²) in [6, 6.07) is 5.43. The first-order valence-corrected chi connectivity index (χ1v) is 6.98. The number of aromatic nitrogens is 4. The second kappa shape index (κ2) is 6.38. The van der Waals surface area contributed by atoms with E-state index < -0.39 is 0 Å². The summed E-state index contributed by atoms with van der Waals surface area (Å²) >= 11 is 13.4. The topological polar surface area (TPSA) is 69.6 Å². The molecule has 8 heteroatoms. The number of thioether (sulfide) groups is 1. The second-order valence-electron chi connectivity index (χ2n) is 3.50. The van der Waals surface area contributed by atoms with E-state index in [-0.39, 0.29) is 0 Å². The first-order valence-electron chi connectivity index (χ1n) is 5.23. The number of halogens is 2. The minimum atomic E-state index is 0.500. The summed E-state index contributed by atoms with van der Waals surface area (Å²) in [6.45, 7) is 1.10. The molecule has 96 valence electrons. The SMILES string of the molecule is NCCn1nnnc1SCc1ccc(Cl)cc1Cl. The number of nitrogens with zero attached hydrogens (tertiary/aromatic N) is 4. The van der Waals surface area contributed by atoms with Gasteiger partial charge in [0, 0.05) is 22.3 Å². The van der Waals surface area contributed by atoms with Crippen LogP contribution in [0.1, 0.15) is 5.56 Å². The molecule has 1 aromatic heterocycles. The predicted octanol–water partition coefficient (Wildman–Crippen LogP) is 2.23. The Kier molecular flexibility index (Phi) is 4.82. The summed E-state index contributed by atoms with van der Waals surface area (Å²) < 4.78 is 1.68. The standard InChI is InChI=1S/C10H11Cl2N5S/c11-8-2-1-7(9(12)5-8)6-18-10-14-15-16-17(10)4-3-13/h1-2,5H,3-4,6,13H2. The zero-order chi connectivity index (χ0) is 13.0. The molecule has 2 aromatic rings. The number of hydrogen-bond donors (Lipinski definition) is 1. The van der Waals surface area contributed by atoms with E-state index in [1.165, 1.54) is 11.8 Å². The Hall–Kier alpha value is -0.820. The Labute approximate surface area is 119 Å². The van der Waals surface area contributed by atoms with Crippen molar-refractivity contribution in [1.82, 2.24) is 20.2 Å². The molecule has 0 aliphatic rings. The molecule has 0 aliphatic carbocycles. The van der Waals surface area contributed by atoms with Gasteiger partial charge in [-0.3, -0.25) is 0 Å². The summed E-state index contributed by atoms with van der Waals surface area (Å²) in [4.78, 5) is 0. The minimum absolute atomic E-state index is 0.500. The van der Waals surface area contributed by atoms with Crippen molar-refractivity contribution < 1.29 is 0 Å². The molecule has 0 bridgehead atoms. The van der Waals surface area contributed by atoms with Crippen molar-refractivity contribution in [1.29, 1.82) is 0 Å². The fourth-order valence-corrected chi connectivity index (χ4v) is 2.81. The highest BCUT2D eigenvalue weighted by molar-refractivity contribution is 7.98. The summed E-state index contributed by atoms with van der Waals surface area (Å²) in [5, 5.41) is 13.4. The third-order valence-electron chi connectivity index (χ3n) is 2.21. The maximum atomic E-state index is 6.09. The third kappa shape index (κ3) is 3.35. The van der Waals surface area contributed by atoms with Gasteiger partial charge in [0.1, 0.15) is 0 Å². The summed E-state index contributed by atoms with van der Waals surface area (Å²) in [5.41, 5.74) is 6.47. The van der Waals surface area contributed by atoms with E-state index in [0.717, 1.165) is 10.7 Å². The first kappa shape index (κ1) is 13.6. The Bertz CT molecular complexity index is 531. The maximum absolute atomic E-state index is 6.09. The van der Waals surface area contributed by atoms with Gasteiger partial charge < -0.3 is 5.73 Å². The van der Waals surface area contributed by atoms with Crippen LogP contribution in [0, 0.1) is 0 Å². The Balaban J connectivity index is 2.04. The van der Waals surface area contributed by atoms with Gasteiger partial charge in [-0.1, -0.05) is 41.0 Å². The Morgan fingerprint density at radius 3 is 2.89 bits per heavy atom. The number of benzene rings is 1. The number of hydrogen-bond acceptors (Lipinski definition) is 5. The average Bonchev–Trinajstić information content (AvgIpc) is 2.76. The molecular formula is C10H11Cl2N5S. The van der Waals surface area contributed by atoms with Crippen LogP contribution in [0.3, 0.4) is 0 Å². The number of tetrazole rings is 1. The van der Waals surface area contributed by atoms with E-state index in [0.29, 0.717) is 28.9 Å². The lowest BCUT2D eigenvalue weighted by Gasteiger charge is -2.04. The van der Waals surface area contributed by atoms with Crippen LogP contribution in [-0.2, 0) is 12.3 Å². The van der Waals surface area contributed by atoms with Crippen LogP contribution in [0.15, 0.2) is 23.4 Å². The summed E-state index contributed by atoms with van der Waals surface area (Å²) in [7, 11) is 0. The van der Waals surface area contributed by atoms with Crippen molar-refractivity contribution in [3.63, 3.8) is 0 Å². The van der Waals surface area contributed by atoms with Crippen molar-refractivity contribution in [2.75, 3.05) is 6.54 Å². The van der Waals surface area contributed by atoms with Gasteiger partial charge in [-0.25, -0.2) is 4.68 Å². The zero-order valence-corrected chi connectivity index (χ0v) is 11.7. The molecule has 0 amide bonds.